The molecule has 1 fully saturated rings. The molecular weight excluding hydrogens is 412 g/mol. The predicted octanol–water partition coefficient (Wildman–Crippen LogP) is 3.35. The number of hydrogen-bond donors (Lipinski definition) is 1. The zero-order valence-corrected chi connectivity index (χ0v) is 17.4. The topological polar surface area (TPSA) is 93.4 Å². The van der Waals surface area contributed by atoms with Crippen molar-refractivity contribution in [3.63, 3.8) is 0 Å². The summed E-state index contributed by atoms with van der Waals surface area (Å²) < 4.78 is 27.2. The lowest BCUT2D eigenvalue weighted by Gasteiger charge is -2.29. The number of fused-ring (bicyclic) bond motifs is 1. The van der Waals surface area contributed by atoms with E-state index in [0.29, 0.717) is 29.3 Å². The number of amides is 1. The highest BCUT2D eigenvalue weighted by molar-refractivity contribution is 7.93. The third kappa shape index (κ3) is 3.30. The van der Waals surface area contributed by atoms with Crippen LogP contribution in [-0.2, 0) is 14.6 Å². The fourth-order valence-electron chi connectivity index (χ4n) is 3.95. The number of carbonyl (C=O) groups excluding carboxylic acids is 1. The number of rotatable bonds is 5. The molecule has 0 unspecified atom stereocenters. The first-order chi connectivity index (χ1) is 13.8. The van der Waals surface area contributed by atoms with Crippen molar-refractivity contribution in [2.75, 3.05) is 0 Å². The summed E-state index contributed by atoms with van der Waals surface area (Å²) >= 11 is 5.90. The zero-order valence-electron chi connectivity index (χ0n) is 15.9. The summed E-state index contributed by atoms with van der Waals surface area (Å²) in [6.45, 7) is 1.78. The van der Waals surface area contributed by atoms with E-state index in [9.17, 15) is 13.2 Å². The van der Waals surface area contributed by atoms with Crippen LogP contribution in [0.2, 0.25) is 5.02 Å². The smallest absolute Gasteiger partial charge is 0.242 e. The van der Waals surface area contributed by atoms with Gasteiger partial charge in [0.25, 0.3) is 0 Å². The maximum absolute atomic E-state index is 13.5. The standard InChI is InChI=1S/C20H21ClN4O3S/c1-14(18-24-23-17-6-2-5-13-25(17)18)22-19(26)20(11-3-4-12-20)29(27,28)16-9-7-15(21)8-10-16/h2,5-10,13-14H,3-4,11-12H2,1H3,(H,22,26)/t14-/m0/s1. The molecule has 1 N–H and O–H groups in total. The van der Waals surface area contributed by atoms with Gasteiger partial charge in [-0.25, -0.2) is 8.42 Å². The average molecular weight is 433 g/mol. The van der Waals surface area contributed by atoms with Gasteiger partial charge in [0, 0.05) is 11.2 Å². The number of benzene rings is 1. The monoisotopic (exact) mass is 432 g/mol. The lowest BCUT2D eigenvalue weighted by molar-refractivity contribution is -0.124. The van der Waals surface area contributed by atoms with Gasteiger partial charge >= 0.3 is 0 Å². The second-order valence-electron chi connectivity index (χ2n) is 7.34. The number of pyridine rings is 1. The minimum Gasteiger partial charge on any atom is -0.345 e. The Morgan fingerprint density at radius 1 is 1.14 bits per heavy atom. The van der Waals surface area contributed by atoms with Gasteiger partial charge in [0.15, 0.2) is 26.1 Å². The SMILES string of the molecule is C[C@H](NC(=O)C1(S(=O)(=O)c2ccc(Cl)cc2)CCCC1)c1nnc2ccccn12. The van der Waals surface area contributed by atoms with E-state index in [1.165, 1.54) is 24.3 Å². The van der Waals surface area contributed by atoms with Crippen molar-refractivity contribution in [2.24, 2.45) is 0 Å². The van der Waals surface area contributed by atoms with Crippen molar-refractivity contribution in [1.82, 2.24) is 19.9 Å². The first-order valence-electron chi connectivity index (χ1n) is 9.46. The van der Waals surface area contributed by atoms with Crippen molar-refractivity contribution in [1.29, 1.82) is 0 Å². The van der Waals surface area contributed by atoms with Gasteiger partial charge in [-0.2, -0.15) is 0 Å². The van der Waals surface area contributed by atoms with Crippen LogP contribution in [0, 0.1) is 0 Å². The van der Waals surface area contributed by atoms with Gasteiger partial charge in [-0.3, -0.25) is 9.20 Å². The van der Waals surface area contributed by atoms with Crippen LogP contribution >= 0.6 is 11.6 Å². The van der Waals surface area contributed by atoms with Crippen molar-refractivity contribution in [3.8, 4) is 0 Å². The molecule has 1 aliphatic carbocycles. The number of nitrogens with zero attached hydrogens (tertiary/aromatic N) is 3. The summed E-state index contributed by atoms with van der Waals surface area (Å²) in [4.78, 5) is 13.4. The van der Waals surface area contributed by atoms with Crippen molar-refractivity contribution < 1.29 is 13.2 Å². The molecule has 4 rings (SSSR count). The lowest BCUT2D eigenvalue weighted by atomic mass is 10.1. The van der Waals surface area contributed by atoms with Gasteiger partial charge in [0.05, 0.1) is 10.9 Å². The van der Waals surface area contributed by atoms with Gasteiger partial charge in [0.1, 0.15) is 0 Å². The fraction of sp³-hybridized carbons (Fsp3) is 0.350. The first-order valence-corrected chi connectivity index (χ1v) is 11.3. The summed E-state index contributed by atoms with van der Waals surface area (Å²) in [6, 6.07) is 11.0. The summed E-state index contributed by atoms with van der Waals surface area (Å²) in [5.74, 6) is 0.0520. The van der Waals surface area contributed by atoms with E-state index in [2.05, 4.69) is 15.5 Å². The van der Waals surface area contributed by atoms with Crippen LogP contribution < -0.4 is 5.32 Å². The number of carbonyl (C=O) groups is 1. The van der Waals surface area contributed by atoms with Crippen LogP contribution in [0.3, 0.4) is 0 Å². The van der Waals surface area contributed by atoms with E-state index in [1.54, 1.807) is 11.3 Å². The van der Waals surface area contributed by atoms with Gasteiger partial charge in [-0.15, -0.1) is 10.2 Å². The summed E-state index contributed by atoms with van der Waals surface area (Å²) in [6.07, 6.45) is 3.75. The number of sulfone groups is 1. The molecule has 29 heavy (non-hydrogen) atoms. The summed E-state index contributed by atoms with van der Waals surface area (Å²) in [5, 5.41) is 11.6. The van der Waals surface area contributed by atoms with Crippen molar-refractivity contribution in [2.45, 2.75) is 48.3 Å². The minimum absolute atomic E-state index is 0.111. The zero-order chi connectivity index (χ0) is 20.6. The third-order valence-corrected chi connectivity index (χ3v) is 8.31. The lowest BCUT2D eigenvalue weighted by Crippen LogP contribution is -2.51. The Labute approximate surface area is 174 Å². The van der Waals surface area contributed by atoms with Crippen LogP contribution in [-0.4, -0.2) is 33.7 Å². The van der Waals surface area contributed by atoms with E-state index in [-0.39, 0.29) is 17.7 Å². The second-order valence-corrected chi connectivity index (χ2v) is 10.0. The van der Waals surface area contributed by atoms with Gasteiger partial charge in [0.2, 0.25) is 5.91 Å². The molecule has 2 aromatic heterocycles. The molecule has 1 amide bonds. The number of halogens is 1. The van der Waals surface area contributed by atoms with E-state index in [0.717, 1.165) is 0 Å². The predicted molar refractivity (Wildman–Crippen MR) is 109 cm³/mol. The molecule has 1 atom stereocenters. The van der Waals surface area contributed by atoms with Crippen LogP contribution in [0.4, 0.5) is 0 Å². The molecule has 0 bridgehead atoms. The highest BCUT2D eigenvalue weighted by Crippen LogP contribution is 2.41. The van der Waals surface area contributed by atoms with Crippen LogP contribution in [0.5, 0.6) is 0 Å². The van der Waals surface area contributed by atoms with E-state index < -0.39 is 26.5 Å². The Kier molecular flexibility index (Phi) is 5.08. The Morgan fingerprint density at radius 2 is 1.83 bits per heavy atom. The van der Waals surface area contributed by atoms with Crippen molar-refractivity contribution >= 4 is 33.0 Å². The van der Waals surface area contributed by atoms with Crippen LogP contribution in [0.1, 0.15) is 44.5 Å². The molecular formula is C20H21ClN4O3S. The average Bonchev–Trinajstić information content (AvgIpc) is 3.36. The van der Waals surface area contributed by atoms with Gasteiger partial charge < -0.3 is 5.32 Å². The fourth-order valence-corrected chi connectivity index (χ4v) is 6.15. The van der Waals surface area contributed by atoms with E-state index in [1.807, 2.05) is 24.4 Å². The second kappa shape index (κ2) is 7.42. The summed E-state index contributed by atoms with van der Waals surface area (Å²) in [5.41, 5.74) is 0.660. The molecule has 7 nitrogen and oxygen atoms in total. The number of hydrogen-bond acceptors (Lipinski definition) is 5. The van der Waals surface area contributed by atoms with Gasteiger partial charge in [-0.1, -0.05) is 30.5 Å². The summed E-state index contributed by atoms with van der Waals surface area (Å²) in [7, 11) is -3.89. The molecule has 0 aliphatic heterocycles. The maximum Gasteiger partial charge on any atom is 0.242 e. The molecule has 1 aliphatic rings. The third-order valence-electron chi connectivity index (χ3n) is 5.54. The van der Waals surface area contributed by atoms with Crippen molar-refractivity contribution in [3.05, 3.63) is 59.5 Å². The minimum atomic E-state index is -3.89. The molecule has 3 aromatic rings. The molecule has 2 heterocycles. The van der Waals surface area contributed by atoms with Crippen LogP contribution in [0.25, 0.3) is 5.65 Å². The van der Waals surface area contributed by atoms with E-state index >= 15 is 0 Å². The number of nitrogens with one attached hydrogen (secondary N) is 1. The Bertz CT molecular complexity index is 1150. The number of aromatic nitrogens is 3. The molecule has 152 valence electrons. The molecule has 0 spiro atoms. The molecule has 1 saturated carbocycles. The molecule has 9 heteroatoms. The molecule has 0 saturated heterocycles. The Morgan fingerprint density at radius 3 is 2.52 bits per heavy atom. The highest BCUT2D eigenvalue weighted by atomic mass is 35.5. The molecule has 1 aromatic carbocycles. The maximum atomic E-state index is 13.5. The van der Waals surface area contributed by atoms with E-state index in [4.69, 9.17) is 11.6 Å². The first kappa shape index (κ1) is 19.8. The largest absolute Gasteiger partial charge is 0.345 e. The highest BCUT2D eigenvalue weighted by Gasteiger charge is 2.53. The van der Waals surface area contributed by atoms with Crippen LogP contribution in [0.15, 0.2) is 53.6 Å². The Balaban J connectivity index is 1.66. The Hall–Kier alpha value is -2.45. The molecule has 0 radical (unpaired) electrons. The normalized spacial score (nSPS) is 17.3. The quantitative estimate of drug-likeness (QED) is 0.667. The van der Waals surface area contributed by atoms with Gasteiger partial charge in [-0.05, 0) is 56.2 Å².